The smallest absolute Gasteiger partial charge is 0.257 e. The van der Waals surface area contributed by atoms with Crippen molar-refractivity contribution in [2.75, 3.05) is 11.9 Å². The number of anilines is 1. The normalized spacial score (nSPS) is 16.1. The van der Waals surface area contributed by atoms with Crippen molar-refractivity contribution in [2.24, 2.45) is 0 Å². The van der Waals surface area contributed by atoms with Crippen molar-refractivity contribution in [1.29, 1.82) is 0 Å². The lowest BCUT2D eigenvalue weighted by atomic mass is 10.1. The van der Waals surface area contributed by atoms with Gasteiger partial charge in [-0.05, 0) is 31.9 Å². The lowest BCUT2D eigenvalue weighted by Gasteiger charge is -2.23. The molecular weight excluding hydrogens is 391 g/mol. The molecule has 3 aromatic rings. The minimum absolute atomic E-state index is 0.0234. The van der Waals surface area contributed by atoms with E-state index in [1.54, 1.807) is 6.07 Å². The summed E-state index contributed by atoms with van der Waals surface area (Å²) >= 11 is 1.27. The van der Waals surface area contributed by atoms with Gasteiger partial charge in [0.1, 0.15) is 16.9 Å². The van der Waals surface area contributed by atoms with Gasteiger partial charge in [0.25, 0.3) is 5.91 Å². The number of likely N-dealkylation sites (tertiary alicyclic amines) is 1. The lowest BCUT2D eigenvalue weighted by Crippen LogP contribution is -2.43. The van der Waals surface area contributed by atoms with E-state index in [0.717, 1.165) is 11.1 Å². The van der Waals surface area contributed by atoms with Gasteiger partial charge in [-0.1, -0.05) is 53.3 Å². The molecule has 2 aromatic carbocycles. The van der Waals surface area contributed by atoms with Crippen molar-refractivity contribution in [3.8, 4) is 10.6 Å². The molecule has 0 bridgehead atoms. The highest BCUT2D eigenvalue weighted by atomic mass is 32.1. The molecule has 0 spiro atoms. The Morgan fingerprint density at radius 3 is 2.66 bits per heavy atom. The zero-order valence-electron chi connectivity index (χ0n) is 15.8. The number of aromatic nitrogens is 2. The first-order chi connectivity index (χ1) is 14.0. The lowest BCUT2D eigenvalue weighted by molar-refractivity contribution is -0.119. The van der Waals surface area contributed by atoms with E-state index in [1.807, 2.05) is 31.2 Å². The van der Waals surface area contributed by atoms with Crippen LogP contribution >= 0.6 is 11.3 Å². The summed E-state index contributed by atoms with van der Waals surface area (Å²) in [6.07, 6.45) is 1.21. The number of amides is 2. The Hall–Kier alpha value is -3.13. The minimum Gasteiger partial charge on any atom is -0.327 e. The summed E-state index contributed by atoms with van der Waals surface area (Å²) in [6, 6.07) is 13.0. The molecule has 1 aromatic heterocycles. The Kier molecular flexibility index (Phi) is 5.35. The van der Waals surface area contributed by atoms with Crippen LogP contribution in [0.25, 0.3) is 10.6 Å². The maximum atomic E-state index is 14.0. The van der Waals surface area contributed by atoms with Crippen LogP contribution in [0, 0.1) is 12.7 Å². The molecule has 1 fully saturated rings. The van der Waals surface area contributed by atoms with Crippen LogP contribution in [0.1, 0.15) is 28.8 Å². The highest BCUT2D eigenvalue weighted by Crippen LogP contribution is 2.28. The van der Waals surface area contributed by atoms with Crippen molar-refractivity contribution in [2.45, 2.75) is 25.8 Å². The third-order valence-corrected chi connectivity index (χ3v) is 5.76. The fourth-order valence-electron chi connectivity index (χ4n) is 3.35. The van der Waals surface area contributed by atoms with Gasteiger partial charge in [-0.15, -0.1) is 10.2 Å². The van der Waals surface area contributed by atoms with E-state index in [1.165, 1.54) is 34.4 Å². The zero-order chi connectivity index (χ0) is 20.4. The summed E-state index contributed by atoms with van der Waals surface area (Å²) in [7, 11) is 0. The number of halogens is 1. The SMILES string of the molecule is Cc1ccc(-c2nnc(NC(=O)[C@@H]3CCCN3C(=O)c3ccccc3F)s2)cc1. The Morgan fingerprint density at radius 2 is 1.90 bits per heavy atom. The predicted molar refractivity (Wildman–Crippen MR) is 109 cm³/mol. The van der Waals surface area contributed by atoms with Gasteiger partial charge in [0, 0.05) is 12.1 Å². The first kappa shape index (κ1) is 19.2. The van der Waals surface area contributed by atoms with Gasteiger partial charge < -0.3 is 4.90 Å². The van der Waals surface area contributed by atoms with E-state index in [4.69, 9.17) is 0 Å². The number of aryl methyl sites for hydroxylation is 1. The van der Waals surface area contributed by atoms with E-state index < -0.39 is 17.8 Å². The maximum absolute atomic E-state index is 14.0. The average Bonchev–Trinajstić information content (AvgIpc) is 3.38. The Balaban J connectivity index is 1.47. The summed E-state index contributed by atoms with van der Waals surface area (Å²) < 4.78 is 14.0. The summed E-state index contributed by atoms with van der Waals surface area (Å²) in [5.74, 6) is -1.40. The molecule has 1 atom stereocenters. The van der Waals surface area contributed by atoms with Crippen LogP contribution in [0.5, 0.6) is 0 Å². The topological polar surface area (TPSA) is 75.2 Å². The van der Waals surface area contributed by atoms with Gasteiger partial charge in [0.2, 0.25) is 11.0 Å². The molecule has 0 radical (unpaired) electrons. The van der Waals surface area contributed by atoms with Crippen molar-refractivity contribution in [3.63, 3.8) is 0 Å². The number of nitrogens with one attached hydrogen (secondary N) is 1. The van der Waals surface area contributed by atoms with Gasteiger partial charge in [0.05, 0.1) is 5.56 Å². The number of hydrogen-bond acceptors (Lipinski definition) is 5. The molecule has 1 aliphatic rings. The molecule has 8 heteroatoms. The summed E-state index contributed by atoms with van der Waals surface area (Å²) in [6.45, 7) is 2.42. The van der Waals surface area contributed by atoms with Crippen LogP contribution in [0.15, 0.2) is 48.5 Å². The van der Waals surface area contributed by atoms with Gasteiger partial charge in [-0.3, -0.25) is 14.9 Å². The Labute approximate surface area is 171 Å². The Morgan fingerprint density at radius 1 is 1.14 bits per heavy atom. The Bertz CT molecular complexity index is 1050. The summed E-state index contributed by atoms with van der Waals surface area (Å²) in [5.41, 5.74) is 2.04. The van der Waals surface area contributed by atoms with E-state index in [0.29, 0.717) is 29.5 Å². The van der Waals surface area contributed by atoms with Gasteiger partial charge in [0.15, 0.2) is 0 Å². The average molecular weight is 410 g/mol. The molecule has 2 heterocycles. The molecule has 4 rings (SSSR count). The van der Waals surface area contributed by atoms with Gasteiger partial charge >= 0.3 is 0 Å². The monoisotopic (exact) mass is 410 g/mol. The van der Waals surface area contributed by atoms with E-state index in [2.05, 4.69) is 15.5 Å². The van der Waals surface area contributed by atoms with Crippen LogP contribution in [0.2, 0.25) is 0 Å². The van der Waals surface area contributed by atoms with Gasteiger partial charge in [-0.2, -0.15) is 0 Å². The van der Waals surface area contributed by atoms with Crippen molar-refractivity contribution < 1.29 is 14.0 Å². The molecule has 6 nitrogen and oxygen atoms in total. The second kappa shape index (κ2) is 8.08. The van der Waals surface area contributed by atoms with E-state index >= 15 is 0 Å². The molecule has 2 amide bonds. The molecule has 1 saturated heterocycles. The summed E-state index contributed by atoms with van der Waals surface area (Å²) in [4.78, 5) is 26.9. The number of carbonyl (C=O) groups is 2. The van der Waals surface area contributed by atoms with Crippen molar-refractivity contribution in [1.82, 2.24) is 15.1 Å². The number of rotatable bonds is 4. The van der Waals surface area contributed by atoms with E-state index in [-0.39, 0.29) is 11.5 Å². The summed E-state index contributed by atoms with van der Waals surface area (Å²) in [5, 5.41) is 12.0. The van der Waals surface area contributed by atoms with Crippen molar-refractivity contribution in [3.05, 3.63) is 65.5 Å². The second-order valence-corrected chi connectivity index (χ2v) is 7.88. The highest BCUT2D eigenvalue weighted by Gasteiger charge is 2.35. The third-order valence-electron chi connectivity index (χ3n) is 4.87. The van der Waals surface area contributed by atoms with Crippen molar-refractivity contribution >= 4 is 28.3 Å². The molecule has 148 valence electrons. The molecule has 29 heavy (non-hydrogen) atoms. The van der Waals surface area contributed by atoms with Crippen LogP contribution in [-0.2, 0) is 4.79 Å². The first-order valence-corrected chi connectivity index (χ1v) is 10.1. The van der Waals surface area contributed by atoms with Crippen LogP contribution in [-0.4, -0.2) is 39.5 Å². The quantitative estimate of drug-likeness (QED) is 0.708. The second-order valence-electron chi connectivity index (χ2n) is 6.90. The molecule has 1 aliphatic heterocycles. The zero-order valence-corrected chi connectivity index (χ0v) is 16.6. The van der Waals surface area contributed by atoms with E-state index in [9.17, 15) is 14.0 Å². The first-order valence-electron chi connectivity index (χ1n) is 9.30. The largest absolute Gasteiger partial charge is 0.327 e. The number of nitrogens with zero attached hydrogens (tertiary/aromatic N) is 3. The molecule has 0 unspecified atom stereocenters. The number of hydrogen-bond donors (Lipinski definition) is 1. The fraction of sp³-hybridized carbons (Fsp3) is 0.238. The number of carbonyl (C=O) groups excluding carboxylic acids is 2. The molecule has 1 N–H and O–H groups in total. The third kappa shape index (κ3) is 4.02. The molecule has 0 aliphatic carbocycles. The standard InChI is InChI=1S/C21H19FN4O2S/c1-13-8-10-14(11-9-13)19-24-25-21(29-19)23-18(27)17-7-4-12-26(17)20(28)15-5-2-3-6-16(15)22/h2-3,5-6,8-11,17H,4,7,12H2,1H3,(H,23,25,27)/t17-/m0/s1. The predicted octanol–water partition coefficient (Wildman–Crippen LogP) is 3.90. The van der Waals surface area contributed by atoms with Crippen LogP contribution < -0.4 is 5.32 Å². The fourth-order valence-corrected chi connectivity index (χ4v) is 4.10. The van der Waals surface area contributed by atoms with Crippen LogP contribution in [0.4, 0.5) is 9.52 Å². The van der Waals surface area contributed by atoms with Gasteiger partial charge in [-0.25, -0.2) is 4.39 Å². The maximum Gasteiger partial charge on any atom is 0.257 e. The molecule has 0 saturated carbocycles. The highest BCUT2D eigenvalue weighted by molar-refractivity contribution is 7.18. The molecular formula is C21H19FN4O2S. The minimum atomic E-state index is -0.658. The number of benzene rings is 2. The van der Waals surface area contributed by atoms with Crippen LogP contribution in [0.3, 0.4) is 0 Å².